The monoisotopic (exact) mass is 355 g/mol. The van der Waals surface area contributed by atoms with Crippen LogP contribution in [0.5, 0.6) is 5.75 Å². The number of ether oxygens (including phenoxy) is 2. The van der Waals surface area contributed by atoms with Crippen LogP contribution in [0.25, 0.3) is 0 Å². The third kappa shape index (κ3) is 3.44. The average Bonchev–Trinajstić information content (AvgIpc) is 2.97. The van der Waals surface area contributed by atoms with Crippen LogP contribution in [0.2, 0.25) is 0 Å². The lowest BCUT2D eigenvalue weighted by atomic mass is 9.74. The zero-order valence-corrected chi connectivity index (χ0v) is 13.5. The Labute approximate surface area is 143 Å². The standard InChI is InChI=1S/C17H19F2NO5/c18-16(19)25-13-4-2-1-3-11(13)7-14(21)20-8-12-9-24-6-5-17(12,10-20)15(22)23/h1-4,12,16H,5-10H2,(H,22,23)/t12-,17+/m0/s1. The van der Waals surface area contributed by atoms with Crippen molar-refractivity contribution in [2.75, 3.05) is 26.3 Å². The first-order chi connectivity index (χ1) is 11.9. The normalized spacial score (nSPS) is 25.7. The number of para-hydroxylation sites is 1. The fourth-order valence-corrected chi connectivity index (χ4v) is 3.63. The van der Waals surface area contributed by atoms with Gasteiger partial charge in [-0.05, 0) is 12.5 Å². The molecule has 8 heteroatoms. The molecule has 2 aliphatic rings. The highest BCUT2D eigenvalue weighted by Gasteiger charge is 2.54. The molecular weight excluding hydrogens is 336 g/mol. The number of hydrogen-bond acceptors (Lipinski definition) is 4. The number of carboxylic acid groups (broad SMARTS) is 1. The summed E-state index contributed by atoms with van der Waals surface area (Å²) in [6.45, 7) is -1.90. The Morgan fingerprint density at radius 1 is 1.40 bits per heavy atom. The third-order valence-corrected chi connectivity index (χ3v) is 5.02. The molecule has 136 valence electrons. The molecule has 0 radical (unpaired) electrons. The predicted molar refractivity (Wildman–Crippen MR) is 82.4 cm³/mol. The van der Waals surface area contributed by atoms with Crippen LogP contribution >= 0.6 is 0 Å². The molecule has 1 aromatic rings. The molecule has 1 aromatic carbocycles. The Balaban J connectivity index is 1.74. The van der Waals surface area contributed by atoms with E-state index in [1.54, 1.807) is 18.2 Å². The minimum atomic E-state index is -2.97. The van der Waals surface area contributed by atoms with E-state index in [1.165, 1.54) is 11.0 Å². The molecule has 0 bridgehead atoms. The lowest BCUT2D eigenvalue weighted by Crippen LogP contribution is -2.45. The summed E-state index contributed by atoms with van der Waals surface area (Å²) in [7, 11) is 0. The average molecular weight is 355 g/mol. The van der Waals surface area contributed by atoms with E-state index >= 15 is 0 Å². The van der Waals surface area contributed by atoms with E-state index in [9.17, 15) is 23.5 Å². The minimum Gasteiger partial charge on any atom is -0.481 e. The van der Waals surface area contributed by atoms with Gasteiger partial charge in [0.1, 0.15) is 5.75 Å². The molecule has 0 spiro atoms. The summed E-state index contributed by atoms with van der Waals surface area (Å²) < 4.78 is 34.8. The smallest absolute Gasteiger partial charge is 0.387 e. The van der Waals surface area contributed by atoms with Gasteiger partial charge in [0.2, 0.25) is 5.91 Å². The molecule has 0 saturated carbocycles. The van der Waals surface area contributed by atoms with Crippen molar-refractivity contribution in [1.29, 1.82) is 0 Å². The quantitative estimate of drug-likeness (QED) is 0.871. The fourth-order valence-electron chi connectivity index (χ4n) is 3.63. The van der Waals surface area contributed by atoms with Crippen LogP contribution in [-0.2, 0) is 20.7 Å². The number of halogens is 2. The molecule has 1 N–H and O–H groups in total. The summed E-state index contributed by atoms with van der Waals surface area (Å²) in [5.74, 6) is -1.52. The zero-order valence-electron chi connectivity index (χ0n) is 13.5. The van der Waals surface area contributed by atoms with Gasteiger partial charge in [-0.25, -0.2) is 0 Å². The van der Waals surface area contributed by atoms with Crippen LogP contribution in [0.1, 0.15) is 12.0 Å². The number of carbonyl (C=O) groups excluding carboxylic acids is 1. The van der Waals surface area contributed by atoms with E-state index in [2.05, 4.69) is 4.74 Å². The number of nitrogens with zero attached hydrogens (tertiary/aromatic N) is 1. The van der Waals surface area contributed by atoms with Gasteiger partial charge in [0.25, 0.3) is 0 Å². The molecule has 2 aliphatic heterocycles. The molecule has 0 aliphatic carbocycles. The van der Waals surface area contributed by atoms with Gasteiger partial charge < -0.3 is 19.5 Å². The second-order valence-corrected chi connectivity index (χ2v) is 6.42. The Kier molecular flexibility index (Phi) is 4.89. The highest BCUT2D eigenvalue weighted by Crippen LogP contribution is 2.42. The maximum atomic E-state index is 12.6. The molecule has 2 saturated heterocycles. The summed E-state index contributed by atoms with van der Waals surface area (Å²) in [5, 5.41) is 9.63. The first-order valence-electron chi connectivity index (χ1n) is 8.04. The van der Waals surface area contributed by atoms with Crippen LogP contribution in [0.15, 0.2) is 24.3 Å². The summed E-state index contributed by atoms with van der Waals surface area (Å²) in [6, 6.07) is 6.12. The number of rotatable bonds is 5. The largest absolute Gasteiger partial charge is 0.481 e. The van der Waals surface area contributed by atoms with Crippen molar-refractivity contribution in [2.24, 2.45) is 11.3 Å². The molecule has 6 nitrogen and oxygen atoms in total. The van der Waals surface area contributed by atoms with Crippen molar-refractivity contribution >= 4 is 11.9 Å². The van der Waals surface area contributed by atoms with E-state index in [0.717, 1.165) is 0 Å². The molecule has 0 unspecified atom stereocenters. The van der Waals surface area contributed by atoms with Crippen LogP contribution in [0, 0.1) is 11.3 Å². The highest BCUT2D eigenvalue weighted by molar-refractivity contribution is 5.83. The number of likely N-dealkylation sites (tertiary alicyclic amines) is 1. The fraction of sp³-hybridized carbons (Fsp3) is 0.529. The van der Waals surface area contributed by atoms with E-state index in [-0.39, 0.29) is 30.5 Å². The Morgan fingerprint density at radius 2 is 2.16 bits per heavy atom. The summed E-state index contributed by atoms with van der Waals surface area (Å²) in [5.41, 5.74) is -0.629. The number of benzene rings is 1. The molecule has 2 fully saturated rings. The van der Waals surface area contributed by atoms with Crippen LogP contribution in [-0.4, -0.2) is 54.8 Å². The van der Waals surface area contributed by atoms with Gasteiger partial charge in [-0.3, -0.25) is 9.59 Å². The van der Waals surface area contributed by atoms with Crippen molar-refractivity contribution in [3.8, 4) is 5.75 Å². The van der Waals surface area contributed by atoms with Crippen LogP contribution in [0.4, 0.5) is 8.78 Å². The van der Waals surface area contributed by atoms with Crippen LogP contribution < -0.4 is 4.74 Å². The second kappa shape index (κ2) is 6.95. The second-order valence-electron chi connectivity index (χ2n) is 6.42. The zero-order chi connectivity index (χ0) is 18.0. The van der Waals surface area contributed by atoms with E-state index in [0.29, 0.717) is 31.7 Å². The Hall–Kier alpha value is -2.22. The maximum absolute atomic E-state index is 12.6. The molecule has 1 amide bonds. The van der Waals surface area contributed by atoms with Gasteiger partial charge in [0.15, 0.2) is 0 Å². The van der Waals surface area contributed by atoms with Crippen molar-refractivity contribution in [2.45, 2.75) is 19.5 Å². The number of alkyl halides is 2. The van der Waals surface area contributed by atoms with Gasteiger partial charge in [-0.2, -0.15) is 8.78 Å². The first-order valence-corrected chi connectivity index (χ1v) is 8.04. The van der Waals surface area contributed by atoms with Crippen molar-refractivity contribution in [3.63, 3.8) is 0 Å². The first kappa shape index (κ1) is 17.6. The molecule has 0 aromatic heterocycles. The Morgan fingerprint density at radius 3 is 2.84 bits per heavy atom. The summed E-state index contributed by atoms with van der Waals surface area (Å²) in [4.78, 5) is 25.9. The molecule has 25 heavy (non-hydrogen) atoms. The number of carbonyl (C=O) groups is 2. The van der Waals surface area contributed by atoms with Gasteiger partial charge in [0.05, 0.1) is 18.4 Å². The number of aliphatic carboxylic acids is 1. The Bertz CT molecular complexity index is 668. The lowest BCUT2D eigenvalue weighted by molar-refractivity contribution is -0.157. The number of fused-ring (bicyclic) bond motifs is 1. The van der Waals surface area contributed by atoms with E-state index in [4.69, 9.17) is 4.74 Å². The van der Waals surface area contributed by atoms with Crippen molar-refractivity contribution in [1.82, 2.24) is 4.90 Å². The summed E-state index contributed by atoms with van der Waals surface area (Å²) >= 11 is 0. The van der Waals surface area contributed by atoms with Crippen molar-refractivity contribution < 1.29 is 33.0 Å². The van der Waals surface area contributed by atoms with E-state index < -0.39 is 18.0 Å². The SMILES string of the molecule is O=C(Cc1ccccc1OC(F)F)N1C[C@H]2COCC[C@@]2(C(=O)O)C1. The van der Waals surface area contributed by atoms with Gasteiger partial charge in [-0.15, -0.1) is 0 Å². The van der Waals surface area contributed by atoms with Gasteiger partial charge >= 0.3 is 12.6 Å². The highest BCUT2D eigenvalue weighted by atomic mass is 19.3. The third-order valence-electron chi connectivity index (χ3n) is 5.02. The maximum Gasteiger partial charge on any atom is 0.387 e. The topological polar surface area (TPSA) is 76.1 Å². The number of hydrogen-bond donors (Lipinski definition) is 1. The minimum absolute atomic E-state index is 0.0428. The molecule has 2 heterocycles. The lowest BCUT2D eigenvalue weighted by Gasteiger charge is -2.33. The molecular formula is C17H19F2NO5. The number of amides is 1. The van der Waals surface area contributed by atoms with Crippen LogP contribution in [0.3, 0.4) is 0 Å². The van der Waals surface area contributed by atoms with E-state index in [1.807, 2.05) is 0 Å². The molecule has 2 atom stereocenters. The van der Waals surface area contributed by atoms with Gasteiger partial charge in [-0.1, -0.05) is 18.2 Å². The van der Waals surface area contributed by atoms with Gasteiger partial charge in [0, 0.05) is 31.2 Å². The predicted octanol–water partition coefficient (Wildman–Crippen LogP) is 1.78. The summed E-state index contributed by atoms with van der Waals surface area (Å²) in [6.07, 6.45) is 0.244. The van der Waals surface area contributed by atoms with Crippen molar-refractivity contribution in [3.05, 3.63) is 29.8 Å². The number of carboxylic acids is 1. The molecule has 3 rings (SSSR count).